The summed E-state index contributed by atoms with van der Waals surface area (Å²) >= 11 is 0. The van der Waals surface area contributed by atoms with Crippen LogP contribution < -0.4 is 0 Å². The Balaban J connectivity index is 0.000000461. The third-order valence-electron chi connectivity index (χ3n) is 1.63. The van der Waals surface area contributed by atoms with Crippen molar-refractivity contribution in [2.75, 3.05) is 13.6 Å². The number of nitrogens with zero attached hydrogens (tertiary/aromatic N) is 1. The minimum absolute atomic E-state index is 0.138. The van der Waals surface area contributed by atoms with Crippen LogP contribution >= 0.6 is 0 Å². The number of carbonyl (C=O) groups excluding carboxylic acids is 1. The van der Waals surface area contributed by atoms with Crippen LogP contribution in [0.2, 0.25) is 0 Å². The zero-order valence-corrected chi connectivity index (χ0v) is 6.66. The van der Waals surface area contributed by atoms with Crippen molar-refractivity contribution >= 4 is 5.91 Å². The summed E-state index contributed by atoms with van der Waals surface area (Å²) in [6.45, 7) is 0.788. The van der Waals surface area contributed by atoms with Gasteiger partial charge in [-0.25, -0.2) is 0 Å². The Kier molecular flexibility index (Phi) is 4.32. The highest BCUT2D eigenvalue weighted by Gasteiger charge is 2.23. The maximum Gasteiger partial charge on any atom is 0.251 e. The van der Waals surface area contributed by atoms with Gasteiger partial charge in [0.15, 0.2) is 0 Å². The Morgan fingerprint density at radius 2 is 2.18 bits per heavy atom. The Morgan fingerprint density at radius 3 is 2.55 bits per heavy atom. The average molecular weight is 155 g/mol. The van der Waals surface area contributed by atoms with Crippen molar-refractivity contribution in [2.24, 2.45) is 0 Å². The van der Waals surface area contributed by atoms with E-state index < -0.39 is 6.10 Å². The topological polar surface area (TPSA) is 40.5 Å². The Hall–Kier alpha value is -1.01. The molecule has 1 fully saturated rings. The highest BCUT2D eigenvalue weighted by Crippen LogP contribution is 2.08. The van der Waals surface area contributed by atoms with E-state index in [9.17, 15) is 4.79 Å². The molecule has 1 heterocycles. The fraction of sp³-hybridized carbons (Fsp3) is 0.625. The monoisotopic (exact) mass is 155 g/mol. The first-order chi connectivity index (χ1) is 5.22. The first-order valence-electron chi connectivity index (χ1n) is 3.48. The second-order valence-corrected chi connectivity index (χ2v) is 2.42. The number of aliphatic hydroxyl groups excluding tert-OH is 1. The molecule has 0 bridgehead atoms. The molecule has 1 rings (SSSR count). The third kappa shape index (κ3) is 2.60. The number of terminal acetylenes is 1. The summed E-state index contributed by atoms with van der Waals surface area (Å²) in [6.07, 6.45) is 8.82. The zero-order valence-electron chi connectivity index (χ0n) is 6.66. The first-order valence-corrected chi connectivity index (χ1v) is 3.48. The molecule has 0 aromatic carbocycles. The molecule has 3 heteroatoms. The fourth-order valence-corrected chi connectivity index (χ4v) is 1.01. The second kappa shape index (κ2) is 4.75. The normalized spacial score (nSPS) is 23.8. The first kappa shape index (κ1) is 9.99. The molecule has 0 aromatic rings. The minimum atomic E-state index is -0.733. The van der Waals surface area contributed by atoms with E-state index in [1.807, 2.05) is 0 Å². The van der Waals surface area contributed by atoms with Crippen LogP contribution in [0.5, 0.6) is 0 Å². The molecule has 3 nitrogen and oxygen atoms in total. The van der Waals surface area contributed by atoms with Crippen LogP contribution in [0.25, 0.3) is 0 Å². The van der Waals surface area contributed by atoms with Crippen molar-refractivity contribution in [3.8, 4) is 12.8 Å². The molecule has 1 aliphatic rings. The van der Waals surface area contributed by atoms with Gasteiger partial charge in [-0.3, -0.25) is 4.79 Å². The van der Waals surface area contributed by atoms with Crippen LogP contribution in [-0.4, -0.2) is 35.6 Å². The summed E-state index contributed by atoms with van der Waals surface area (Å²) in [5.74, 6) is -0.138. The van der Waals surface area contributed by atoms with Crippen molar-refractivity contribution in [3.63, 3.8) is 0 Å². The Bertz CT molecular complexity index is 141. The van der Waals surface area contributed by atoms with Gasteiger partial charge in [-0.15, -0.1) is 12.8 Å². The summed E-state index contributed by atoms with van der Waals surface area (Å²) in [5, 5.41) is 8.96. The van der Waals surface area contributed by atoms with E-state index in [4.69, 9.17) is 5.11 Å². The average Bonchev–Trinajstić information content (AvgIpc) is 2.04. The van der Waals surface area contributed by atoms with E-state index in [1.165, 1.54) is 0 Å². The molecule has 0 spiro atoms. The minimum Gasteiger partial charge on any atom is -0.383 e. The number of rotatable bonds is 0. The number of carbonyl (C=O) groups is 1. The van der Waals surface area contributed by atoms with E-state index >= 15 is 0 Å². The quantitative estimate of drug-likeness (QED) is 0.494. The number of hydrogen-bond donors (Lipinski definition) is 1. The Morgan fingerprint density at radius 1 is 1.64 bits per heavy atom. The predicted octanol–water partition coefficient (Wildman–Crippen LogP) is -0.151. The second-order valence-electron chi connectivity index (χ2n) is 2.42. The van der Waals surface area contributed by atoms with Crippen molar-refractivity contribution in [1.82, 2.24) is 4.90 Å². The highest BCUT2D eigenvalue weighted by atomic mass is 16.3. The van der Waals surface area contributed by atoms with Gasteiger partial charge in [0.2, 0.25) is 0 Å². The van der Waals surface area contributed by atoms with Crippen LogP contribution in [0, 0.1) is 12.8 Å². The lowest BCUT2D eigenvalue weighted by Gasteiger charge is -2.25. The number of aliphatic hydroxyl groups is 1. The van der Waals surface area contributed by atoms with Crippen LogP contribution in [0.15, 0.2) is 0 Å². The van der Waals surface area contributed by atoms with Gasteiger partial charge in [-0.1, -0.05) is 0 Å². The molecule has 0 aliphatic carbocycles. The number of likely N-dealkylation sites (N-methyl/N-ethyl adjacent to an activating group) is 1. The van der Waals surface area contributed by atoms with E-state index in [2.05, 4.69) is 12.8 Å². The van der Waals surface area contributed by atoms with Crippen molar-refractivity contribution in [2.45, 2.75) is 18.9 Å². The van der Waals surface area contributed by atoms with Gasteiger partial charge in [0.1, 0.15) is 6.10 Å². The lowest BCUT2D eigenvalue weighted by Crippen LogP contribution is -2.41. The summed E-state index contributed by atoms with van der Waals surface area (Å²) < 4.78 is 0. The highest BCUT2D eigenvalue weighted by molar-refractivity contribution is 5.80. The van der Waals surface area contributed by atoms with Crippen molar-refractivity contribution in [1.29, 1.82) is 0 Å². The molecule has 1 saturated heterocycles. The summed E-state index contributed by atoms with van der Waals surface area (Å²) in [5.41, 5.74) is 0. The lowest BCUT2D eigenvalue weighted by molar-refractivity contribution is -0.142. The van der Waals surface area contributed by atoms with E-state index in [1.54, 1.807) is 11.9 Å². The van der Waals surface area contributed by atoms with Gasteiger partial charge in [0, 0.05) is 13.6 Å². The van der Waals surface area contributed by atoms with E-state index in [0.29, 0.717) is 6.42 Å². The molecule has 0 saturated carbocycles. The van der Waals surface area contributed by atoms with Crippen LogP contribution in [0.3, 0.4) is 0 Å². The predicted molar refractivity (Wildman–Crippen MR) is 42.8 cm³/mol. The van der Waals surface area contributed by atoms with Gasteiger partial charge in [0.05, 0.1) is 0 Å². The summed E-state index contributed by atoms with van der Waals surface area (Å²) in [6, 6.07) is 0. The molecule has 1 atom stereocenters. The van der Waals surface area contributed by atoms with E-state index in [0.717, 1.165) is 13.0 Å². The smallest absolute Gasteiger partial charge is 0.251 e. The zero-order chi connectivity index (χ0) is 8.85. The summed E-state index contributed by atoms with van der Waals surface area (Å²) in [4.78, 5) is 12.4. The number of likely N-dealkylation sites (tertiary alicyclic amines) is 1. The van der Waals surface area contributed by atoms with Gasteiger partial charge in [-0.2, -0.15) is 0 Å². The molecule has 62 valence electrons. The molecular formula is C8H13NO2. The van der Waals surface area contributed by atoms with Gasteiger partial charge in [-0.05, 0) is 12.8 Å². The van der Waals surface area contributed by atoms with Crippen molar-refractivity contribution in [3.05, 3.63) is 0 Å². The summed E-state index contributed by atoms with van der Waals surface area (Å²) in [7, 11) is 1.71. The van der Waals surface area contributed by atoms with Crippen LogP contribution in [-0.2, 0) is 4.79 Å². The SMILES string of the molecule is C#C.CN1CCCC(O)C1=O. The third-order valence-corrected chi connectivity index (χ3v) is 1.63. The standard InChI is InChI=1S/C6H11NO2.C2H2/c1-7-4-2-3-5(8)6(7)9;1-2/h5,8H,2-4H2,1H3;1-2H. The van der Waals surface area contributed by atoms with Gasteiger partial charge < -0.3 is 10.0 Å². The molecular weight excluding hydrogens is 142 g/mol. The lowest BCUT2D eigenvalue weighted by atomic mass is 10.1. The van der Waals surface area contributed by atoms with Crippen molar-refractivity contribution < 1.29 is 9.90 Å². The number of amides is 1. The maximum atomic E-state index is 10.8. The van der Waals surface area contributed by atoms with Crippen LogP contribution in [0.4, 0.5) is 0 Å². The maximum absolute atomic E-state index is 10.8. The molecule has 0 radical (unpaired) electrons. The van der Waals surface area contributed by atoms with Gasteiger partial charge in [0.25, 0.3) is 5.91 Å². The molecule has 1 aliphatic heterocycles. The number of piperidine rings is 1. The Labute approximate surface area is 67.0 Å². The molecule has 0 aromatic heterocycles. The van der Waals surface area contributed by atoms with Gasteiger partial charge >= 0.3 is 0 Å². The fourth-order valence-electron chi connectivity index (χ4n) is 1.01. The molecule has 1 unspecified atom stereocenters. The largest absolute Gasteiger partial charge is 0.383 e. The molecule has 11 heavy (non-hydrogen) atoms. The van der Waals surface area contributed by atoms with E-state index in [-0.39, 0.29) is 5.91 Å². The van der Waals surface area contributed by atoms with Crippen LogP contribution in [0.1, 0.15) is 12.8 Å². The molecule has 1 amide bonds. The number of hydrogen-bond acceptors (Lipinski definition) is 2. The molecule has 1 N–H and O–H groups in total.